The highest BCUT2D eigenvalue weighted by Crippen LogP contribution is 2.41. The molecule has 0 aliphatic carbocycles. The number of hydrogen-bond acceptors (Lipinski definition) is 7. The molecule has 8 nitrogen and oxygen atoms in total. The van der Waals surface area contributed by atoms with Crippen LogP contribution in [0.15, 0.2) is 12.1 Å². The van der Waals surface area contributed by atoms with E-state index in [4.69, 9.17) is 14.2 Å². The second-order valence-electron chi connectivity index (χ2n) is 6.31. The summed E-state index contributed by atoms with van der Waals surface area (Å²) >= 11 is 0. The Bertz CT molecular complexity index is 614. The zero-order valence-corrected chi connectivity index (χ0v) is 15.1. The van der Waals surface area contributed by atoms with Gasteiger partial charge in [0.15, 0.2) is 11.5 Å². The first-order valence-corrected chi connectivity index (χ1v) is 8.40. The molecule has 0 aromatic heterocycles. The zero-order valence-electron chi connectivity index (χ0n) is 15.1. The van der Waals surface area contributed by atoms with Crippen molar-refractivity contribution >= 4 is 11.6 Å². The number of benzene rings is 1. The summed E-state index contributed by atoms with van der Waals surface area (Å²) in [4.78, 5) is 14.7. The van der Waals surface area contributed by atoms with Crippen molar-refractivity contribution < 1.29 is 19.0 Å². The molecular formula is C17H26N4O4. The lowest BCUT2D eigenvalue weighted by atomic mass is 9.89. The van der Waals surface area contributed by atoms with Crippen LogP contribution < -0.4 is 35.3 Å². The normalized spacial score (nSPS) is 25.2. The van der Waals surface area contributed by atoms with Crippen LogP contribution >= 0.6 is 0 Å². The summed E-state index contributed by atoms with van der Waals surface area (Å²) in [6, 6.07) is 3.60. The van der Waals surface area contributed by atoms with E-state index in [2.05, 4.69) is 16.2 Å². The third-order valence-electron chi connectivity index (χ3n) is 5.01. The van der Waals surface area contributed by atoms with Crippen molar-refractivity contribution in [3.05, 3.63) is 12.1 Å². The molecule has 1 amide bonds. The number of fused-ring (bicyclic) bond motifs is 1. The summed E-state index contributed by atoms with van der Waals surface area (Å²) in [5.74, 6) is 1.77. The van der Waals surface area contributed by atoms with Crippen molar-refractivity contribution in [3.63, 3.8) is 0 Å². The number of likely N-dealkylation sites (N-methyl/N-ethyl adjacent to an activating group) is 1. The van der Waals surface area contributed by atoms with Gasteiger partial charge in [0.05, 0.1) is 27.0 Å². The van der Waals surface area contributed by atoms with Gasteiger partial charge in [-0.25, -0.2) is 5.43 Å². The molecule has 0 spiro atoms. The van der Waals surface area contributed by atoms with Gasteiger partial charge in [0.25, 0.3) is 0 Å². The van der Waals surface area contributed by atoms with E-state index in [1.165, 1.54) is 0 Å². The van der Waals surface area contributed by atoms with E-state index in [0.29, 0.717) is 29.0 Å². The van der Waals surface area contributed by atoms with Crippen LogP contribution in [0.25, 0.3) is 0 Å². The molecule has 1 aromatic rings. The number of ether oxygens (including phenoxy) is 3. The van der Waals surface area contributed by atoms with Gasteiger partial charge in [-0.15, -0.1) is 0 Å². The summed E-state index contributed by atoms with van der Waals surface area (Å²) in [5.41, 5.74) is 7.10. The highest BCUT2D eigenvalue weighted by atomic mass is 16.5. The Labute approximate surface area is 147 Å². The number of hydrogen-bond donors (Lipinski definition) is 3. The van der Waals surface area contributed by atoms with Crippen LogP contribution in [-0.2, 0) is 4.79 Å². The fraction of sp³-hybridized carbons (Fsp3) is 0.588. The predicted octanol–water partition coefficient (Wildman–Crippen LogP) is 0.130. The van der Waals surface area contributed by atoms with E-state index in [9.17, 15) is 4.79 Å². The highest BCUT2D eigenvalue weighted by Gasteiger charge is 2.42. The molecule has 8 heteroatoms. The van der Waals surface area contributed by atoms with Crippen LogP contribution in [-0.4, -0.2) is 59.5 Å². The Hall–Kier alpha value is -2.03. The van der Waals surface area contributed by atoms with Crippen molar-refractivity contribution in [1.29, 1.82) is 0 Å². The zero-order chi connectivity index (χ0) is 18.0. The van der Waals surface area contributed by atoms with E-state index in [1.54, 1.807) is 45.4 Å². The molecule has 138 valence electrons. The lowest BCUT2D eigenvalue weighted by Gasteiger charge is -2.30. The minimum absolute atomic E-state index is 0.00188. The second kappa shape index (κ2) is 7.47. The number of carbonyl (C=O) groups is 1. The van der Waals surface area contributed by atoms with E-state index in [-0.39, 0.29) is 17.9 Å². The number of rotatable bonds is 5. The number of nitrogens with one attached hydrogen (secondary N) is 3. The average Bonchev–Trinajstić information content (AvgIpc) is 3.09. The molecule has 2 heterocycles. The molecule has 2 fully saturated rings. The van der Waals surface area contributed by atoms with Gasteiger partial charge in [0.2, 0.25) is 11.7 Å². The van der Waals surface area contributed by atoms with E-state index in [1.807, 2.05) is 0 Å². The maximum atomic E-state index is 13.0. The average molecular weight is 350 g/mol. The number of amides is 1. The van der Waals surface area contributed by atoms with Crippen LogP contribution in [0.1, 0.15) is 6.42 Å². The van der Waals surface area contributed by atoms with Gasteiger partial charge < -0.3 is 24.4 Å². The Morgan fingerprint density at radius 3 is 2.40 bits per heavy atom. The summed E-state index contributed by atoms with van der Waals surface area (Å²) in [6.07, 6.45) is 1.01. The van der Waals surface area contributed by atoms with Gasteiger partial charge in [-0.1, -0.05) is 0 Å². The molecule has 2 aliphatic rings. The first kappa shape index (κ1) is 17.8. The number of hydrazine groups is 1. The molecule has 0 radical (unpaired) electrons. The van der Waals surface area contributed by atoms with Crippen LogP contribution in [0.5, 0.6) is 17.2 Å². The fourth-order valence-corrected chi connectivity index (χ4v) is 3.56. The van der Waals surface area contributed by atoms with E-state index in [0.717, 1.165) is 19.5 Å². The number of nitrogens with zero attached hydrogens (tertiary/aromatic N) is 1. The van der Waals surface area contributed by atoms with Gasteiger partial charge in [-0.3, -0.25) is 10.2 Å². The molecule has 2 aliphatic heterocycles. The molecule has 2 saturated heterocycles. The molecule has 0 saturated carbocycles. The molecule has 0 bridgehead atoms. The van der Waals surface area contributed by atoms with Gasteiger partial charge in [-0.05, 0) is 13.0 Å². The highest BCUT2D eigenvalue weighted by molar-refractivity contribution is 5.97. The van der Waals surface area contributed by atoms with Gasteiger partial charge in [0.1, 0.15) is 6.04 Å². The van der Waals surface area contributed by atoms with Crippen molar-refractivity contribution in [3.8, 4) is 17.2 Å². The van der Waals surface area contributed by atoms with Crippen LogP contribution in [0, 0.1) is 5.92 Å². The lowest BCUT2D eigenvalue weighted by Crippen LogP contribution is -2.49. The van der Waals surface area contributed by atoms with E-state index >= 15 is 0 Å². The third-order valence-corrected chi connectivity index (χ3v) is 5.01. The lowest BCUT2D eigenvalue weighted by molar-refractivity contribution is -0.121. The largest absolute Gasteiger partial charge is 0.493 e. The molecule has 1 aromatic carbocycles. The van der Waals surface area contributed by atoms with Crippen molar-refractivity contribution in [2.24, 2.45) is 5.92 Å². The predicted molar refractivity (Wildman–Crippen MR) is 94.3 cm³/mol. The standard InChI is InChI=1S/C17H26N4O4/c1-21(10-7-13(23-2)16(25-4)14(8-10)24-3)17(22)15-11-9-18-6-5-12(11)19-20-15/h7-8,11-12,15,18-20H,5-6,9H2,1-4H3. The van der Waals surface area contributed by atoms with Crippen molar-refractivity contribution in [2.75, 3.05) is 46.4 Å². The summed E-state index contributed by atoms with van der Waals surface area (Å²) in [6.45, 7) is 1.80. The topological polar surface area (TPSA) is 84.1 Å². The Morgan fingerprint density at radius 1 is 1.12 bits per heavy atom. The quantitative estimate of drug-likeness (QED) is 0.696. The second-order valence-corrected chi connectivity index (χ2v) is 6.31. The summed E-state index contributed by atoms with van der Waals surface area (Å²) in [5, 5.41) is 3.36. The maximum absolute atomic E-state index is 13.0. The van der Waals surface area contributed by atoms with Crippen LogP contribution in [0.4, 0.5) is 5.69 Å². The minimum atomic E-state index is -0.276. The van der Waals surface area contributed by atoms with Crippen molar-refractivity contribution in [1.82, 2.24) is 16.2 Å². The molecule has 3 unspecified atom stereocenters. The minimum Gasteiger partial charge on any atom is -0.493 e. The number of piperidine rings is 1. The number of methoxy groups -OCH3 is 3. The van der Waals surface area contributed by atoms with Gasteiger partial charge in [0, 0.05) is 37.7 Å². The molecule has 25 heavy (non-hydrogen) atoms. The molecule has 3 atom stereocenters. The molecular weight excluding hydrogens is 324 g/mol. The summed E-state index contributed by atoms with van der Waals surface area (Å²) in [7, 11) is 6.43. The maximum Gasteiger partial charge on any atom is 0.245 e. The molecule has 3 rings (SSSR count). The Morgan fingerprint density at radius 2 is 1.80 bits per heavy atom. The SMILES string of the molecule is COc1cc(N(C)C(=O)C2NNC3CCNCC32)cc(OC)c1OC. The first-order chi connectivity index (χ1) is 12.1. The van der Waals surface area contributed by atoms with Crippen molar-refractivity contribution in [2.45, 2.75) is 18.5 Å². The monoisotopic (exact) mass is 350 g/mol. The molecule has 3 N–H and O–H groups in total. The fourth-order valence-electron chi connectivity index (χ4n) is 3.56. The Balaban J connectivity index is 1.85. The Kier molecular flexibility index (Phi) is 5.31. The van der Waals surface area contributed by atoms with Crippen LogP contribution in [0.3, 0.4) is 0 Å². The number of anilines is 1. The van der Waals surface area contributed by atoms with Gasteiger partial charge >= 0.3 is 0 Å². The smallest absolute Gasteiger partial charge is 0.245 e. The first-order valence-electron chi connectivity index (χ1n) is 8.40. The third kappa shape index (κ3) is 3.24. The van der Waals surface area contributed by atoms with E-state index < -0.39 is 0 Å². The number of carbonyl (C=O) groups excluding carboxylic acids is 1. The summed E-state index contributed by atoms with van der Waals surface area (Å²) < 4.78 is 16.1. The van der Waals surface area contributed by atoms with Gasteiger partial charge in [-0.2, -0.15) is 0 Å². The van der Waals surface area contributed by atoms with Crippen LogP contribution in [0.2, 0.25) is 0 Å².